The number of para-hydroxylation sites is 1. The molecule has 0 saturated heterocycles. The van der Waals surface area contributed by atoms with Crippen LogP contribution in [-0.4, -0.2) is 30.6 Å². The number of hydrogen-bond acceptors (Lipinski definition) is 5. The van der Waals surface area contributed by atoms with Crippen LogP contribution in [0.25, 0.3) is 0 Å². The van der Waals surface area contributed by atoms with Crippen LogP contribution in [0.1, 0.15) is 24.1 Å². The Hall–Kier alpha value is -4.29. The smallest absolute Gasteiger partial charge is 0.416 e. The van der Waals surface area contributed by atoms with E-state index in [9.17, 15) is 22.8 Å². The van der Waals surface area contributed by atoms with E-state index >= 15 is 0 Å². The van der Waals surface area contributed by atoms with Crippen molar-refractivity contribution in [3.05, 3.63) is 94.1 Å². The van der Waals surface area contributed by atoms with Crippen LogP contribution >= 0.6 is 23.8 Å². The van der Waals surface area contributed by atoms with Crippen LogP contribution in [0, 0.1) is 0 Å². The Kier molecular flexibility index (Phi) is 9.04. The highest BCUT2D eigenvalue weighted by atomic mass is 35.5. The summed E-state index contributed by atoms with van der Waals surface area (Å²) < 4.78 is 49.9. The number of thiocarbonyl (C=S) groups is 1. The maximum Gasteiger partial charge on any atom is 0.416 e. The summed E-state index contributed by atoms with van der Waals surface area (Å²) in [7, 11) is 1.40. The van der Waals surface area contributed by atoms with Gasteiger partial charge in [-0.2, -0.15) is 13.2 Å². The average Bonchev–Trinajstić information content (AvgIpc) is 2.92. The number of rotatable bonds is 8. The topological polar surface area (TPSA) is 101 Å². The number of benzene rings is 3. The molecule has 1 heterocycles. The van der Waals surface area contributed by atoms with Crippen molar-refractivity contribution in [1.82, 2.24) is 10.6 Å². The van der Waals surface area contributed by atoms with Crippen molar-refractivity contribution in [3.63, 3.8) is 0 Å². The average molecular weight is 605 g/mol. The van der Waals surface area contributed by atoms with Gasteiger partial charge < -0.3 is 30.7 Å². The third-order valence-electron chi connectivity index (χ3n) is 5.99. The molecule has 41 heavy (non-hydrogen) atoms. The number of ether oxygens (including phenoxy) is 2. The third kappa shape index (κ3) is 7.27. The molecule has 0 radical (unpaired) electrons. The first-order valence-corrected chi connectivity index (χ1v) is 12.9. The lowest BCUT2D eigenvalue weighted by atomic mass is 9.94. The van der Waals surface area contributed by atoms with Gasteiger partial charge in [0.25, 0.3) is 11.8 Å². The molecule has 0 saturated carbocycles. The Balaban J connectivity index is 1.50. The highest BCUT2D eigenvalue weighted by molar-refractivity contribution is 7.80. The van der Waals surface area contributed by atoms with E-state index in [2.05, 4.69) is 21.3 Å². The molecule has 0 unspecified atom stereocenters. The second kappa shape index (κ2) is 12.5. The second-order valence-electron chi connectivity index (χ2n) is 8.83. The van der Waals surface area contributed by atoms with Crippen molar-refractivity contribution < 1.29 is 32.2 Å². The summed E-state index contributed by atoms with van der Waals surface area (Å²) in [4.78, 5) is 25.7. The zero-order valence-electron chi connectivity index (χ0n) is 21.7. The maximum absolute atomic E-state index is 13.3. The number of methoxy groups -OCH3 is 1. The fourth-order valence-corrected chi connectivity index (χ4v) is 4.55. The van der Waals surface area contributed by atoms with Crippen molar-refractivity contribution in [1.29, 1.82) is 0 Å². The zero-order valence-corrected chi connectivity index (χ0v) is 23.3. The van der Waals surface area contributed by atoms with Gasteiger partial charge in [-0.1, -0.05) is 35.9 Å². The normalized spacial score (nSPS) is 15.0. The maximum atomic E-state index is 13.3. The molecule has 0 spiro atoms. The lowest BCUT2D eigenvalue weighted by molar-refractivity contribution is -0.137. The van der Waals surface area contributed by atoms with Gasteiger partial charge in [0, 0.05) is 11.4 Å². The minimum Gasteiger partial charge on any atom is -0.493 e. The molecule has 4 N–H and O–H groups in total. The predicted octanol–water partition coefficient (Wildman–Crippen LogP) is 5.82. The minimum absolute atomic E-state index is 0.0200. The number of allylic oxidation sites excluding steroid dienone is 1. The number of halogens is 4. The molecular weight excluding hydrogens is 581 g/mol. The lowest BCUT2D eigenvalue weighted by Gasteiger charge is -2.30. The minimum atomic E-state index is -4.54. The molecule has 1 aliphatic heterocycles. The molecule has 0 aromatic heterocycles. The van der Waals surface area contributed by atoms with Crippen LogP contribution in [0.5, 0.6) is 11.5 Å². The third-order valence-corrected chi connectivity index (χ3v) is 6.54. The first kappa shape index (κ1) is 29.7. The molecule has 1 aliphatic rings. The van der Waals surface area contributed by atoms with Crippen molar-refractivity contribution in [2.45, 2.75) is 19.1 Å². The van der Waals surface area contributed by atoms with Crippen LogP contribution in [-0.2, 0) is 15.8 Å². The summed E-state index contributed by atoms with van der Waals surface area (Å²) in [5, 5.41) is 11.9. The van der Waals surface area contributed by atoms with E-state index in [0.29, 0.717) is 32.7 Å². The van der Waals surface area contributed by atoms with Crippen molar-refractivity contribution in [2.75, 3.05) is 24.4 Å². The van der Waals surface area contributed by atoms with Crippen LogP contribution < -0.4 is 30.7 Å². The quantitative estimate of drug-likeness (QED) is 0.241. The Bertz CT molecular complexity index is 1530. The van der Waals surface area contributed by atoms with Gasteiger partial charge >= 0.3 is 6.18 Å². The largest absolute Gasteiger partial charge is 0.493 e. The highest BCUT2D eigenvalue weighted by Crippen LogP contribution is 2.35. The van der Waals surface area contributed by atoms with E-state index in [4.69, 9.17) is 33.3 Å². The number of alkyl halides is 3. The fraction of sp³-hybridized carbons (Fsp3) is 0.179. The highest BCUT2D eigenvalue weighted by Gasteiger charge is 2.32. The molecule has 0 fully saturated rings. The van der Waals surface area contributed by atoms with Crippen molar-refractivity contribution in [3.8, 4) is 11.5 Å². The van der Waals surface area contributed by atoms with Gasteiger partial charge in [-0.15, -0.1) is 0 Å². The van der Waals surface area contributed by atoms with Gasteiger partial charge in [0.05, 0.1) is 35.0 Å². The number of nitrogens with one attached hydrogen (secondary N) is 4. The van der Waals surface area contributed by atoms with E-state index in [1.165, 1.54) is 19.2 Å². The Morgan fingerprint density at radius 3 is 2.49 bits per heavy atom. The van der Waals surface area contributed by atoms with Crippen molar-refractivity contribution in [2.24, 2.45) is 0 Å². The fourth-order valence-electron chi connectivity index (χ4n) is 4.09. The second-order valence-corrected chi connectivity index (χ2v) is 9.65. The van der Waals surface area contributed by atoms with Crippen molar-refractivity contribution >= 4 is 52.1 Å². The van der Waals surface area contributed by atoms with Crippen LogP contribution in [0.15, 0.2) is 78.0 Å². The molecule has 0 bridgehead atoms. The SMILES string of the molecule is COc1cc([C@H]2NC(=S)NC(C)=C2C(=O)Nc2ccccc2Cl)ccc1OCC(=O)Nc1cccc(C(F)(F)F)c1. The molecule has 8 nitrogen and oxygen atoms in total. The summed E-state index contributed by atoms with van der Waals surface area (Å²) >= 11 is 11.5. The van der Waals surface area contributed by atoms with Crippen LogP contribution in [0.4, 0.5) is 24.5 Å². The van der Waals surface area contributed by atoms with Gasteiger partial charge in [0.15, 0.2) is 23.2 Å². The number of amides is 2. The lowest BCUT2D eigenvalue weighted by Crippen LogP contribution is -2.45. The monoisotopic (exact) mass is 604 g/mol. The molecule has 2 amide bonds. The summed E-state index contributed by atoms with van der Waals surface area (Å²) in [6, 6.07) is 15.3. The number of anilines is 2. The summed E-state index contributed by atoms with van der Waals surface area (Å²) in [6.45, 7) is 1.23. The predicted molar refractivity (Wildman–Crippen MR) is 153 cm³/mol. The number of carbonyl (C=O) groups excluding carboxylic acids is 2. The first-order valence-electron chi connectivity index (χ1n) is 12.1. The van der Waals surface area contributed by atoms with E-state index in [-0.39, 0.29) is 17.2 Å². The van der Waals surface area contributed by atoms with Gasteiger partial charge in [0.2, 0.25) is 0 Å². The van der Waals surface area contributed by atoms with Gasteiger partial charge in [0.1, 0.15) is 0 Å². The summed E-state index contributed by atoms with van der Waals surface area (Å²) in [5.41, 5.74) is 1.03. The molecule has 1 atom stereocenters. The molecule has 4 rings (SSSR count). The molecular formula is C28H24ClF3N4O4S. The van der Waals surface area contributed by atoms with E-state index in [1.807, 2.05) is 0 Å². The van der Waals surface area contributed by atoms with Gasteiger partial charge in [-0.25, -0.2) is 0 Å². The molecule has 214 valence electrons. The summed E-state index contributed by atoms with van der Waals surface area (Å²) in [5.74, 6) is -0.620. The van der Waals surface area contributed by atoms with Crippen LogP contribution in [0.3, 0.4) is 0 Å². The standard InChI is InChI=1S/C28H24ClF3N4O4S/c1-15-24(26(38)35-20-9-4-3-8-19(20)29)25(36-27(41)33-15)16-10-11-21(22(12-16)39-2)40-14-23(37)34-18-7-5-6-17(13-18)28(30,31)32/h3-13,25H,14H2,1-2H3,(H,34,37)(H,35,38)(H2,33,36,41)/t25-/m1/s1. The van der Waals surface area contributed by atoms with E-state index in [1.54, 1.807) is 49.4 Å². The molecule has 3 aromatic carbocycles. The van der Waals surface area contributed by atoms with E-state index < -0.39 is 36.2 Å². The molecule has 13 heteroatoms. The molecule has 0 aliphatic carbocycles. The zero-order chi connectivity index (χ0) is 29.7. The Labute approximate surface area is 243 Å². The van der Waals surface area contributed by atoms with Crippen LogP contribution in [0.2, 0.25) is 5.02 Å². The summed E-state index contributed by atoms with van der Waals surface area (Å²) in [6.07, 6.45) is -4.54. The number of carbonyl (C=O) groups is 2. The molecule has 3 aromatic rings. The van der Waals surface area contributed by atoms with Gasteiger partial charge in [-0.3, -0.25) is 9.59 Å². The first-order chi connectivity index (χ1) is 19.5. The Morgan fingerprint density at radius 2 is 1.78 bits per heavy atom. The number of hydrogen-bond donors (Lipinski definition) is 4. The van der Waals surface area contributed by atoms with E-state index in [0.717, 1.165) is 12.1 Å². The van der Waals surface area contributed by atoms with Gasteiger partial charge in [-0.05, 0) is 67.2 Å². The Morgan fingerprint density at radius 1 is 1.02 bits per heavy atom.